The summed E-state index contributed by atoms with van der Waals surface area (Å²) in [5, 5.41) is 3.46. The Kier molecular flexibility index (Phi) is 5.13. The number of aryl methyl sites for hydroxylation is 1. The molecule has 1 aliphatic carbocycles. The monoisotopic (exact) mass is 288 g/mol. The molecule has 0 aliphatic heterocycles. The fourth-order valence-corrected chi connectivity index (χ4v) is 2.40. The second-order valence-electron chi connectivity index (χ2n) is 7.21. The van der Waals surface area contributed by atoms with Crippen molar-refractivity contribution >= 4 is 0 Å². The third-order valence-corrected chi connectivity index (χ3v) is 3.79. The van der Waals surface area contributed by atoms with Crippen molar-refractivity contribution in [2.45, 2.75) is 59.2 Å². The lowest BCUT2D eigenvalue weighted by Crippen LogP contribution is -2.34. The van der Waals surface area contributed by atoms with Gasteiger partial charge in [0.2, 0.25) is 0 Å². The van der Waals surface area contributed by atoms with Crippen molar-refractivity contribution in [3.63, 3.8) is 0 Å². The molecule has 0 radical (unpaired) electrons. The normalized spacial score (nSPS) is 15.4. The molecule has 1 heterocycles. The topological polar surface area (TPSA) is 28.4 Å². The molecule has 1 aliphatic rings. The first-order valence-electron chi connectivity index (χ1n) is 7.86. The van der Waals surface area contributed by atoms with Crippen molar-refractivity contribution in [1.29, 1.82) is 0 Å². The van der Waals surface area contributed by atoms with Crippen molar-refractivity contribution in [3.05, 3.63) is 23.2 Å². The van der Waals surface area contributed by atoms with E-state index in [0.717, 1.165) is 43.6 Å². The molecular weight excluding hydrogens is 260 g/mol. The highest BCUT2D eigenvalue weighted by Crippen LogP contribution is 2.30. The Morgan fingerprint density at radius 3 is 2.71 bits per heavy atom. The van der Waals surface area contributed by atoms with Gasteiger partial charge in [0.25, 0.3) is 0 Å². The van der Waals surface area contributed by atoms with Gasteiger partial charge in [0, 0.05) is 24.2 Å². The fraction of sp³-hybridized carbons (Fsp3) is 0.667. The fourth-order valence-electron chi connectivity index (χ4n) is 2.40. The highest BCUT2D eigenvalue weighted by Gasteiger charge is 2.24. The summed E-state index contributed by atoms with van der Waals surface area (Å²) in [6.45, 7) is 12.0. The van der Waals surface area contributed by atoms with Crippen LogP contribution < -0.4 is 5.32 Å². The van der Waals surface area contributed by atoms with Gasteiger partial charge in [-0.05, 0) is 52.5 Å². The van der Waals surface area contributed by atoms with E-state index in [2.05, 4.69) is 43.0 Å². The van der Waals surface area contributed by atoms with Crippen molar-refractivity contribution < 1.29 is 4.42 Å². The van der Waals surface area contributed by atoms with Gasteiger partial charge >= 0.3 is 0 Å². The average molecular weight is 288 g/mol. The molecule has 0 atom stereocenters. The molecule has 116 valence electrons. The number of hydrogen-bond donors (Lipinski definition) is 1. The van der Waals surface area contributed by atoms with Crippen LogP contribution in [-0.4, -0.2) is 23.5 Å². The number of rotatable bonds is 7. The second-order valence-corrected chi connectivity index (χ2v) is 7.21. The van der Waals surface area contributed by atoms with Crippen molar-refractivity contribution in [2.75, 3.05) is 13.1 Å². The third kappa shape index (κ3) is 5.57. The summed E-state index contributed by atoms with van der Waals surface area (Å²) >= 11 is 0. The molecule has 1 aromatic rings. The number of hydrogen-bond acceptors (Lipinski definition) is 3. The lowest BCUT2D eigenvalue weighted by molar-refractivity contribution is 0.284. The molecule has 1 saturated carbocycles. The van der Waals surface area contributed by atoms with Gasteiger partial charge in [-0.2, -0.15) is 0 Å². The van der Waals surface area contributed by atoms with Crippen LogP contribution in [0.1, 0.15) is 50.7 Å². The quantitative estimate of drug-likeness (QED) is 0.780. The molecule has 3 heteroatoms. The largest absolute Gasteiger partial charge is 0.465 e. The molecule has 0 bridgehead atoms. The number of furan rings is 1. The highest BCUT2D eigenvalue weighted by atomic mass is 16.3. The molecular formula is C18H28N2O. The Hall–Kier alpha value is -1.24. The van der Waals surface area contributed by atoms with Crippen LogP contribution in [-0.2, 0) is 13.1 Å². The minimum atomic E-state index is 0.0995. The zero-order valence-corrected chi connectivity index (χ0v) is 13.8. The molecule has 1 N–H and O–H groups in total. The van der Waals surface area contributed by atoms with Crippen LogP contribution in [0.4, 0.5) is 0 Å². The summed E-state index contributed by atoms with van der Waals surface area (Å²) in [5.74, 6) is 5.65. The molecule has 0 spiro atoms. The van der Waals surface area contributed by atoms with Crippen LogP contribution in [0.2, 0.25) is 0 Å². The predicted molar refractivity (Wildman–Crippen MR) is 86.9 cm³/mol. The van der Waals surface area contributed by atoms with Crippen LogP contribution >= 0.6 is 0 Å². The van der Waals surface area contributed by atoms with E-state index in [9.17, 15) is 0 Å². The van der Waals surface area contributed by atoms with Crippen LogP contribution in [0.15, 0.2) is 10.5 Å². The number of nitrogens with one attached hydrogen (secondary N) is 1. The summed E-state index contributed by atoms with van der Waals surface area (Å²) in [5.41, 5.74) is 1.36. The maximum atomic E-state index is 5.87. The van der Waals surface area contributed by atoms with Gasteiger partial charge in [0.15, 0.2) is 0 Å². The Morgan fingerprint density at radius 1 is 1.43 bits per heavy atom. The van der Waals surface area contributed by atoms with E-state index in [1.807, 2.05) is 6.92 Å². The van der Waals surface area contributed by atoms with Crippen LogP contribution in [0.3, 0.4) is 0 Å². The Morgan fingerprint density at radius 2 is 2.14 bits per heavy atom. The molecule has 0 unspecified atom stereocenters. The molecule has 0 saturated heterocycles. The first-order valence-corrected chi connectivity index (χ1v) is 7.86. The minimum Gasteiger partial charge on any atom is -0.465 e. The zero-order valence-electron chi connectivity index (χ0n) is 13.8. The van der Waals surface area contributed by atoms with Gasteiger partial charge in [-0.1, -0.05) is 5.92 Å². The molecule has 2 rings (SSSR count). The Bertz CT molecular complexity index is 500. The van der Waals surface area contributed by atoms with Gasteiger partial charge in [0.05, 0.1) is 13.1 Å². The molecule has 21 heavy (non-hydrogen) atoms. The summed E-state index contributed by atoms with van der Waals surface area (Å²) in [7, 11) is 0. The first kappa shape index (κ1) is 16.1. The van der Waals surface area contributed by atoms with Gasteiger partial charge in [-0.3, -0.25) is 4.90 Å². The van der Waals surface area contributed by atoms with Gasteiger partial charge < -0.3 is 9.73 Å². The SMILES string of the molecule is C#CCN(Cc1cc(CNC(C)(C)C)oc1C)CC1CC1. The average Bonchev–Trinajstić information content (AvgIpc) is 3.11. The smallest absolute Gasteiger partial charge is 0.118 e. The van der Waals surface area contributed by atoms with Crippen molar-refractivity contribution in [2.24, 2.45) is 5.92 Å². The summed E-state index contributed by atoms with van der Waals surface area (Å²) in [4.78, 5) is 2.36. The zero-order chi connectivity index (χ0) is 15.5. The molecule has 1 aromatic heterocycles. The van der Waals surface area contributed by atoms with E-state index in [1.165, 1.54) is 18.4 Å². The maximum Gasteiger partial charge on any atom is 0.118 e. The highest BCUT2D eigenvalue weighted by molar-refractivity contribution is 5.21. The van der Waals surface area contributed by atoms with Gasteiger partial charge in [-0.15, -0.1) is 6.42 Å². The van der Waals surface area contributed by atoms with Crippen LogP contribution in [0.25, 0.3) is 0 Å². The standard InChI is InChI=1S/C18H28N2O/c1-6-9-20(12-15-7-8-15)13-16-10-17(21-14(16)2)11-19-18(3,4)5/h1,10,15,19H,7-9,11-13H2,2-5H3. The van der Waals surface area contributed by atoms with E-state index in [1.54, 1.807) is 0 Å². The van der Waals surface area contributed by atoms with E-state index in [-0.39, 0.29) is 5.54 Å². The number of nitrogens with zero attached hydrogens (tertiary/aromatic N) is 1. The van der Waals surface area contributed by atoms with Gasteiger partial charge in [-0.25, -0.2) is 0 Å². The number of terminal acetylenes is 1. The van der Waals surface area contributed by atoms with Gasteiger partial charge in [0.1, 0.15) is 11.5 Å². The van der Waals surface area contributed by atoms with E-state index in [4.69, 9.17) is 10.8 Å². The summed E-state index contributed by atoms with van der Waals surface area (Å²) < 4.78 is 5.87. The molecule has 0 amide bonds. The summed E-state index contributed by atoms with van der Waals surface area (Å²) in [6, 6.07) is 2.17. The van der Waals surface area contributed by atoms with Crippen molar-refractivity contribution in [1.82, 2.24) is 10.2 Å². The lowest BCUT2D eigenvalue weighted by Gasteiger charge is -2.19. The van der Waals surface area contributed by atoms with E-state index < -0.39 is 0 Å². The molecule has 0 aromatic carbocycles. The van der Waals surface area contributed by atoms with Crippen LogP contribution in [0, 0.1) is 25.2 Å². The molecule has 3 nitrogen and oxygen atoms in total. The predicted octanol–water partition coefficient (Wildman–Crippen LogP) is 3.32. The second kappa shape index (κ2) is 6.68. The third-order valence-electron chi connectivity index (χ3n) is 3.79. The lowest BCUT2D eigenvalue weighted by atomic mass is 10.1. The maximum absolute atomic E-state index is 5.87. The minimum absolute atomic E-state index is 0.0995. The van der Waals surface area contributed by atoms with Crippen molar-refractivity contribution in [3.8, 4) is 12.3 Å². The van der Waals surface area contributed by atoms with E-state index in [0.29, 0.717) is 0 Å². The van der Waals surface area contributed by atoms with E-state index >= 15 is 0 Å². The molecule has 1 fully saturated rings. The first-order chi connectivity index (χ1) is 9.87. The Balaban J connectivity index is 1.95. The van der Waals surface area contributed by atoms with Crippen LogP contribution in [0.5, 0.6) is 0 Å². The Labute approximate surface area is 129 Å². The summed E-state index contributed by atoms with van der Waals surface area (Å²) in [6.07, 6.45) is 8.20.